The van der Waals surface area contributed by atoms with Crippen LogP contribution in [0.2, 0.25) is 0 Å². The van der Waals surface area contributed by atoms with Crippen LogP contribution in [0.15, 0.2) is 48.8 Å². The van der Waals surface area contributed by atoms with Crippen molar-refractivity contribution in [3.63, 3.8) is 0 Å². The first-order valence-corrected chi connectivity index (χ1v) is 8.59. The largest absolute Gasteiger partial charge is 0.339 e. The number of nitrogens with zero attached hydrogens (tertiary/aromatic N) is 3. The molecule has 0 unspecified atom stereocenters. The van der Waals surface area contributed by atoms with E-state index in [1.54, 1.807) is 9.80 Å². The van der Waals surface area contributed by atoms with Gasteiger partial charge in [0, 0.05) is 62.1 Å². The number of benzene rings is 1. The summed E-state index contributed by atoms with van der Waals surface area (Å²) in [7, 11) is 0. The Kier molecular flexibility index (Phi) is 5.20. The summed E-state index contributed by atoms with van der Waals surface area (Å²) in [4.78, 5) is 28.0. The van der Waals surface area contributed by atoms with E-state index in [4.69, 9.17) is 11.6 Å². The summed E-state index contributed by atoms with van der Waals surface area (Å²) in [5.41, 5.74) is 1.69. The molecule has 1 aromatic heterocycles. The minimum absolute atomic E-state index is 0.0125. The van der Waals surface area contributed by atoms with Crippen LogP contribution in [0.25, 0.3) is 5.69 Å². The minimum atomic E-state index is 0.0125. The molecular weight excluding hydrogens is 326 g/mol. The first-order chi connectivity index (χ1) is 11.7. The van der Waals surface area contributed by atoms with E-state index in [9.17, 15) is 9.59 Å². The Bertz CT molecular complexity index is 690. The minimum Gasteiger partial charge on any atom is -0.339 e. The lowest BCUT2D eigenvalue weighted by Crippen LogP contribution is -2.50. The van der Waals surface area contributed by atoms with E-state index < -0.39 is 0 Å². The van der Waals surface area contributed by atoms with E-state index in [0.29, 0.717) is 44.0 Å². The number of carbonyl (C=O) groups is 2. The molecule has 5 nitrogen and oxygen atoms in total. The summed E-state index contributed by atoms with van der Waals surface area (Å²) in [5.74, 6) is 0.415. The van der Waals surface area contributed by atoms with Crippen molar-refractivity contribution >= 4 is 23.4 Å². The van der Waals surface area contributed by atoms with Gasteiger partial charge in [0.25, 0.3) is 5.91 Å². The van der Waals surface area contributed by atoms with Crippen LogP contribution in [-0.4, -0.2) is 58.2 Å². The number of hydrogen-bond acceptors (Lipinski definition) is 2. The second kappa shape index (κ2) is 7.53. The second-order valence-corrected chi connectivity index (χ2v) is 6.13. The number of rotatable bonds is 4. The highest BCUT2D eigenvalue weighted by Gasteiger charge is 2.24. The van der Waals surface area contributed by atoms with Gasteiger partial charge in [-0.25, -0.2) is 0 Å². The molecule has 6 heteroatoms. The van der Waals surface area contributed by atoms with Crippen LogP contribution in [-0.2, 0) is 4.79 Å². The molecule has 2 amide bonds. The maximum Gasteiger partial charge on any atom is 0.253 e. The van der Waals surface area contributed by atoms with Crippen LogP contribution in [0.1, 0.15) is 16.8 Å². The molecule has 0 aliphatic carbocycles. The van der Waals surface area contributed by atoms with Crippen LogP contribution in [0.3, 0.4) is 0 Å². The van der Waals surface area contributed by atoms with Crippen LogP contribution >= 0.6 is 11.6 Å². The third kappa shape index (κ3) is 3.62. The van der Waals surface area contributed by atoms with Gasteiger partial charge in [0.1, 0.15) is 0 Å². The molecule has 126 valence electrons. The summed E-state index contributed by atoms with van der Waals surface area (Å²) in [5, 5.41) is 0. The van der Waals surface area contributed by atoms with Gasteiger partial charge in [-0.3, -0.25) is 9.59 Å². The van der Waals surface area contributed by atoms with Gasteiger partial charge in [-0.1, -0.05) is 0 Å². The summed E-state index contributed by atoms with van der Waals surface area (Å²) in [6, 6.07) is 11.5. The average Bonchev–Trinajstić information content (AvgIpc) is 3.16. The molecule has 0 spiro atoms. The number of halogens is 1. The zero-order valence-corrected chi connectivity index (χ0v) is 14.2. The van der Waals surface area contributed by atoms with Gasteiger partial charge in [0.05, 0.1) is 0 Å². The maximum absolute atomic E-state index is 12.6. The maximum atomic E-state index is 12.6. The number of alkyl halides is 1. The molecule has 0 bridgehead atoms. The van der Waals surface area contributed by atoms with Crippen molar-refractivity contribution in [3.05, 3.63) is 54.4 Å². The summed E-state index contributed by atoms with van der Waals surface area (Å²) in [6.45, 7) is 2.27. The van der Waals surface area contributed by atoms with Crippen LogP contribution in [0.4, 0.5) is 0 Å². The van der Waals surface area contributed by atoms with E-state index in [0.717, 1.165) is 5.69 Å². The Morgan fingerprint density at radius 3 is 2.08 bits per heavy atom. The molecule has 1 saturated heterocycles. The Balaban J connectivity index is 1.60. The molecule has 0 N–H and O–H groups in total. The quantitative estimate of drug-likeness (QED) is 0.799. The van der Waals surface area contributed by atoms with Gasteiger partial charge in [0.15, 0.2) is 0 Å². The number of carbonyl (C=O) groups excluding carboxylic acids is 2. The molecular formula is C18H20ClN3O2. The Hall–Kier alpha value is -2.27. The Labute approximate surface area is 146 Å². The molecule has 0 saturated carbocycles. The highest BCUT2D eigenvalue weighted by atomic mass is 35.5. The highest BCUT2D eigenvalue weighted by molar-refractivity contribution is 6.18. The fourth-order valence-electron chi connectivity index (χ4n) is 2.86. The van der Waals surface area contributed by atoms with Crippen molar-refractivity contribution < 1.29 is 9.59 Å². The number of hydrogen-bond donors (Lipinski definition) is 0. The van der Waals surface area contributed by atoms with E-state index in [1.165, 1.54) is 0 Å². The fraction of sp³-hybridized carbons (Fsp3) is 0.333. The van der Waals surface area contributed by atoms with Gasteiger partial charge in [-0.05, 0) is 36.4 Å². The highest BCUT2D eigenvalue weighted by Crippen LogP contribution is 2.13. The average molecular weight is 346 g/mol. The molecule has 1 aliphatic rings. The van der Waals surface area contributed by atoms with E-state index in [1.807, 2.05) is 53.4 Å². The van der Waals surface area contributed by atoms with Gasteiger partial charge >= 0.3 is 0 Å². The second-order valence-electron chi connectivity index (χ2n) is 5.75. The fourth-order valence-corrected chi connectivity index (χ4v) is 3.02. The number of aromatic nitrogens is 1. The van der Waals surface area contributed by atoms with Gasteiger partial charge < -0.3 is 14.4 Å². The standard InChI is InChI=1S/C18H20ClN3O2/c19-8-7-17(23)21-11-13-22(14-12-21)18(24)15-3-5-16(6-4-15)20-9-1-2-10-20/h1-6,9-10H,7-8,11-14H2. The third-order valence-corrected chi connectivity index (χ3v) is 4.43. The van der Waals surface area contributed by atoms with Gasteiger partial charge in [0.2, 0.25) is 5.91 Å². The van der Waals surface area contributed by atoms with Crippen LogP contribution in [0, 0.1) is 0 Å². The summed E-state index contributed by atoms with van der Waals surface area (Å²) >= 11 is 5.61. The Morgan fingerprint density at radius 2 is 1.50 bits per heavy atom. The molecule has 2 heterocycles. The first kappa shape index (κ1) is 16.6. The zero-order chi connectivity index (χ0) is 16.9. The van der Waals surface area contributed by atoms with Crippen molar-refractivity contribution in [3.8, 4) is 5.69 Å². The van der Waals surface area contributed by atoms with Gasteiger partial charge in [-0.15, -0.1) is 11.6 Å². The van der Waals surface area contributed by atoms with Gasteiger partial charge in [-0.2, -0.15) is 0 Å². The van der Waals surface area contributed by atoms with Crippen molar-refractivity contribution in [2.75, 3.05) is 32.1 Å². The molecule has 1 fully saturated rings. The lowest BCUT2D eigenvalue weighted by Gasteiger charge is -2.34. The lowest BCUT2D eigenvalue weighted by atomic mass is 10.1. The summed E-state index contributed by atoms with van der Waals surface area (Å²) < 4.78 is 2.00. The molecule has 2 aromatic rings. The third-order valence-electron chi connectivity index (χ3n) is 4.24. The van der Waals surface area contributed by atoms with Crippen molar-refractivity contribution in [2.24, 2.45) is 0 Å². The number of piperazine rings is 1. The number of amides is 2. The lowest BCUT2D eigenvalue weighted by molar-refractivity contribution is -0.132. The normalized spacial score (nSPS) is 14.7. The van der Waals surface area contributed by atoms with E-state index in [2.05, 4.69) is 0 Å². The smallest absolute Gasteiger partial charge is 0.253 e. The van der Waals surface area contributed by atoms with Crippen molar-refractivity contribution in [2.45, 2.75) is 6.42 Å². The molecule has 0 radical (unpaired) electrons. The summed E-state index contributed by atoms with van der Waals surface area (Å²) in [6.07, 6.45) is 4.29. The van der Waals surface area contributed by atoms with E-state index in [-0.39, 0.29) is 11.8 Å². The Morgan fingerprint density at radius 1 is 0.917 bits per heavy atom. The zero-order valence-electron chi connectivity index (χ0n) is 13.4. The topological polar surface area (TPSA) is 45.6 Å². The molecule has 3 rings (SSSR count). The SMILES string of the molecule is O=C(CCCl)N1CCN(C(=O)c2ccc(-n3cccc3)cc2)CC1. The van der Waals surface area contributed by atoms with E-state index >= 15 is 0 Å². The van der Waals surface area contributed by atoms with Crippen molar-refractivity contribution in [1.82, 2.24) is 14.4 Å². The predicted octanol–water partition coefficient (Wildman–Crippen LogP) is 2.39. The molecule has 24 heavy (non-hydrogen) atoms. The monoisotopic (exact) mass is 345 g/mol. The first-order valence-electron chi connectivity index (χ1n) is 8.05. The molecule has 1 aromatic carbocycles. The van der Waals surface area contributed by atoms with Crippen LogP contribution in [0.5, 0.6) is 0 Å². The predicted molar refractivity (Wildman–Crippen MR) is 93.6 cm³/mol. The van der Waals surface area contributed by atoms with Crippen molar-refractivity contribution in [1.29, 1.82) is 0 Å². The van der Waals surface area contributed by atoms with Crippen LogP contribution < -0.4 is 0 Å². The molecule has 1 aliphatic heterocycles. The molecule has 0 atom stereocenters.